The highest BCUT2D eigenvalue weighted by Gasteiger charge is 2.66. The molecule has 1 N–H and O–H groups in total. The number of aliphatic hydroxyl groups is 1. The average molecular weight is 463 g/mol. The molecule has 4 aliphatic rings. The minimum absolute atomic E-state index is 0.00607. The van der Waals surface area contributed by atoms with E-state index in [-0.39, 0.29) is 65.1 Å². The van der Waals surface area contributed by atoms with Crippen LogP contribution in [0.3, 0.4) is 0 Å². The Bertz CT molecular complexity index is 793. The van der Waals surface area contributed by atoms with Gasteiger partial charge in [0.2, 0.25) is 0 Å². The molecule has 4 rings (SSSR count). The van der Waals surface area contributed by atoms with Gasteiger partial charge in [0.05, 0.1) is 13.2 Å². The van der Waals surface area contributed by atoms with Gasteiger partial charge in [-0.15, -0.1) is 0 Å². The second-order valence-electron chi connectivity index (χ2n) is 12.0. The van der Waals surface area contributed by atoms with Crippen LogP contribution in [0.4, 0.5) is 0 Å². The molecule has 4 fully saturated rings. The largest absolute Gasteiger partial charge is 0.469 e. The van der Waals surface area contributed by atoms with E-state index in [0.29, 0.717) is 18.6 Å². The van der Waals surface area contributed by atoms with Crippen LogP contribution >= 0.6 is 0 Å². The molecule has 0 aliphatic heterocycles. The zero-order chi connectivity index (χ0) is 24.1. The molecule has 0 aromatic carbocycles. The molecule has 0 amide bonds. The fourth-order valence-corrected chi connectivity index (χ4v) is 8.82. The molecule has 0 heterocycles. The molecule has 6 nitrogen and oxygen atoms in total. The van der Waals surface area contributed by atoms with Crippen molar-refractivity contribution in [3.8, 4) is 0 Å². The van der Waals surface area contributed by atoms with Gasteiger partial charge in [-0.2, -0.15) is 0 Å². The minimum atomic E-state index is -0.438. The van der Waals surface area contributed by atoms with Gasteiger partial charge in [0, 0.05) is 31.1 Å². The minimum Gasteiger partial charge on any atom is -0.469 e. The molecule has 0 aromatic heterocycles. The van der Waals surface area contributed by atoms with Crippen molar-refractivity contribution >= 4 is 17.7 Å². The molecule has 0 aromatic rings. The lowest BCUT2D eigenvalue weighted by Gasteiger charge is -2.62. The van der Waals surface area contributed by atoms with Gasteiger partial charge in [-0.25, -0.2) is 0 Å². The Morgan fingerprint density at radius 2 is 1.88 bits per heavy atom. The van der Waals surface area contributed by atoms with E-state index in [2.05, 4.69) is 20.8 Å². The topological polar surface area (TPSA) is 89.9 Å². The lowest BCUT2D eigenvalue weighted by molar-refractivity contribution is -0.194. The molecule has 6 heteroatoms. The SMILES string of the molecule is COC(=O)CC[C@@H](C)[C@H]1CC[C@H]2[C@@H]3[C@@H](OC(C)=O)C[C@H]4C[C@@H](O)CC[C@]4(C)[C@H]3CC(=O)[C@]12C. The van der Waals surface area contributed by atoms with Crippen molar-refractivity contribution in [3.05, 3.63) is 0 Å². The first-order chi connectivity index (χ1) is 15.5. The van der Waals surface area contributed by atoms with Crippen LogP contribution in [0, 0.1) is 46.3 Å². The van der Waals surface area contributed by atoms with Crippen LogP contribution in [0.1, 0.15) is 85.5 Å². The van der Waals surface area contributed by atoms with Gasteiger partial charge in [-0.05, 0) is 80.0 Å². The predicted molar refractivity (Wildman–Crippen MR) is 123 cm³/mol. The number of fused-ring (bicyclic) bond motifs is 5. The molecule has 33 heavy (non-hydrogen) atoms. The first-order valence-electron chi connectivity index (χ1n) is 13.0. The number of hydrogen-bond donors (Lipinski definition) is 1. The molecular formula is C27H42O6. The molecule has 186 valence electrons. The van der Waals surface area contributed by atoms with E-state index >= 15 is 0 Å². The second-order valence-corrected chi connectivity index (χ2v) is 12.0. The summed E-state index contributed by atoms with van der Waals surface area (Å²) in [6, 6.07) is 0. The molecule has 4 saturated carbocycles. The van der Waals surface area contributed by atoms with Gasteiger partial charge in [0.25, 0.3) is 0 Å². The first kappa shape index (κ1) is 24.7. The van der Waals surface area contributed by atoms with Crippen LogP contribution in [0.5, 0.6) is 0 Å². The zero-order valence-electron chi connectivity index (χ0n) is 21.0. The van der Waals surface area contributed by atoms with Gasteiger partial charge < -0.3 is 14.6 Å². The van der Waals surface area contributed by atoms with Crippen LogP contribution in [-0.4, -0.2) is 42.1 Å². The highest BCUT2D eigenvalue weighted by atomic mass is 16.5. The van der Waals surface area contributed by atoms with Gasteiger partial charge >= 0.3 is 11.9 Å². The van der Waals surface area contributed by atoms with Crippen molar-refractivity contribution in [1.29, 1.82) is 0 Å². The number of aliphatic hydroxyl groups excluding tert-OH is 1. The summed E-state index contributed by atoms with van der Waals surface area (Å²) in [5, 5.41) is 10.4. The van der Waals surface area contributed by atoms with Crippen LogP contribution in [-0.2, 0) is 23.9 Å². The summed E-state index contributed by atoms with van der Waals surface area (Å²) in [5.41, 5.74) is -0.432. The molecule has 10 atom stereocenters. The van der Waals surface area contributed by atoms with E-state index in [1.165, 1.54) is 14.0 Å². The molecule has 0 bridgehead atoms. The number of hydrogen-bond acceptors (Lipinski definition) is 6. The summed E-state index contributed by atoms with van der Waals surface area (Å²) in [4.78, 5) is 37.7. The Morgan fingerprint density at radius 3 is 2.55 bits per heavy atom. The highest BCUT2D eigenvalue weighted by molar-refractivity contribution is 5.87. The fourth-order valence-electron chi connectivity index (χ4n) is 8.82. The van der Waals surface area contributed by atoms with E-state index in [4.69, 9.17) is 9.47 Å². The molecule has 0 saturated heterocycles. The summed E-state index contributed by atoms with van der Waals surface area (Å²) < 4.78 is 10.8. The third kappa shape index (κ3) is 4.04. The van der Waals surface area contributed by atoms with Crippen molar-refractivity contribution in [1.82, 2.24) is 0 Å². The number of ketones is 1. The summed E-state index contributed by atoms with van der Waals surface area (Å²) in [5.74, 6) is 1.25. The third-order valence-corrected chi connectivity index (χ3v) is 10.6. The monoisotopic (exact) mass is 462 g/mol. The van der Waals surface area contributed by atoms with Gasteiger partial charge in [-0.1, -0.05) is 20.8 Å². The number of carbonyl (C=O) groups excluding carboxylic acids is 3. The Labute approximate surface area is 198 Å². The van der Waals surface area contributed by atoms with Gasteiger partial charge in [0.15, 0.2) is 0 Å². The van der Waals surface area contributed by atoms with Gasteiger partial charge in [-0.3, -0.25) is 14.4 Å². The van der Waals surface area contributed by atoms with Crippen LogP contribution in [0.2, 0.25) is 0 Å². The van der Waals surface area contributed by atoms with Crippen molar-refractivity contribution in [2.45, 2.75) is 97.7 Å². The Morgan fingerprint density at radius 1 is 1.15 bits per heavy atom. The van der Waals surface area contributed by atoms with Gasteiger partial charge in [0.1, 0.15) is 11.9 Å². The lowest BCUT2D eigenvalue weighted by atomic mass is 9.43. The van der Waals surface area contributed by atoms with E-state index in [1.807, 2.05) is 0 Å². The van der Waals surface area contributed by atoms with E-state index < -0.39 is 5.41 Å². The predicted octanol–water partition coefficient (Wildman–Crippen LogP) is 4.32. The maximum atomic E-state index is 13.9. The second kappa shape index (κ2) is 8.98. The maximum Gasteiger partial charge on any atom is 0.305 e. The Kier molecular flexibility index (Phi) is 6.71. The normalized spacial score (nSPS) is 45.4. The Balaban J connectivity index is 1.65. The molecule has 0 spiro atoms. The van der Waals surface area contributed by atoms with E-state index in [9.17, 15) is 19.5 Å². The number of ether oxygens (including phenoxy) is 2. The molecule has 0 radical (unpaired) electrons. The Hall–Kier alpha value is -1.43. The van der Waals surface area contributed by atoms with Crippen LogP contribution in [0.25, 0.3) is 0 Å². The zero-order valence-corrected chi connectivity index (χ0v) is 21.0. The summed E-state index contributed by atoms with van der Waals surface area (Å²) in [6.07, 6.45) is 6.37. The quantitative estimate of drug-likeness (QED) is 0.612. The smallest absolute Gasteiger partial charge is 0.305 e. The number of methoxy groups -OCH3 is 1. The number of rotatable bonds is 5. The van der Waals surface area contributed by atoms with Crippen molar-refractivity contribution in [2.75, 3.05) is 7.11 Å². The highest BCUT2D eigenvalue weighted by Crippen LogP contribution is 2.67. The number of Topliss-reactive ketones (excluding diaryl/α,β-unsaturated/α-hetero) is 1. The first-order valence-corrected chi connectivity index (χ1v) is 13.0. The standard InChI is InChI=1S/C27H42O6/c1-15(6-9-24(31)32-5)19-7-8-20-25-21(14-23(30)27(19,20)4)26(3)11-10-18(29)12-17(26)13-22(25)33-16(2)28/h15,17-22,25,29H,6-14H2,1-5H3/t15-,17-,18+,19-,20+,21+,22+,25+,26+,27-/m1/s1. The van der Waals surface area contributed by atoms with Crippen LogP contribution < -0.4 is 0 Å². The number of esters is 2. The molecule has 0 unspecified atom stereocenters. The van der Waals surface area contributed by atoms with Crippen molar-refractivity contribution in [3.63, 3.8) is 0 Å². The molecular weight excluding hydrogens is 420 g/mol. The van der Waals surface area contributed by atoms with E-state index in [1.54, 1.807) is 0 Å². The lowest BCUT2D eigenvalue weighted by Crippen LogP contribution is -2.61. The van der Waals surface area contributed by atoms with E-state index in [0.717, 1.165) is 44.9 Å². The average Bonchev–Trinajstić information content (AvgIpc) is 3.11. The summed E-state index contributed by atoms with van der Waals surface area (Å²) in [6.45, 7) is 8.14. The maximum absolute atomic E-state index is 13.9. The summed E-state index contributed by atoms with van der Waals surface area (Å²) in [7, 11) is 1.42. The summed E-state index contributed by atoms with van der Waals surface area (Å²) >= 11 is 0. The molecule has 4 aliphatic carbocycles. The third-order valence-electron chi connectivity index (χ3n) is 10.6. The van der Waals surface area contributed by atoms with Crippen molar-refractivity contribution < 1.29 is 29.0 Å². The van der Waals surface area contributed by atoms with Crippen molar-refractivity contribution in [2.24, 2.45) is 46.3 Å². The van der Waals surface area contributed by atoms with Crippen LogP contribution in [0.15, 0.2) is 0 Å². The fraction of sp³-hybridized carbons (Fsp3) is 0.889. The number of carbonyl (C=O) groups is 3.